The van der Waals surface area contributed by atoms with E-state index in [1.165, 1.54) is 18.5 Å². The van der Waals surface area contributed by atoms with Crippen LogP contribution in [0.4, 0.5) is 4.79 Å². The second kappa shape index (κ2) is 8.80. The van der Waals surface area contributed by atoms with Crippen LogP contribution in [-0.2, 0) is 26.2 Å². The van der Waals surface area contributed by atoms with Crippen LogP contribution in [0, 0.1) is 0 Å². The minimum absolute atomic E-state index is 0.119. The second-order valence-electron chi connectivity index (χ2n) is 6.82. The fraction of sp³-hybridized carbons (Fsp3) is 0.526. The first-order valence-electron chi connectivity index (χ1n) is 9.32. The Morgan fingerprint density at radius 2 is 2.19 bits per heavy atom. The molecule has 1 aliphatic rings. The molecule has 0 fully saturated rings. The number of aromatic nitrogens is 3. The fourth-order valence-electron chi connectivity index (χ4n) is 3.15. The maximum atomic E-state index is 12.3. The molecule has 3 rings (SSSR count). The second-order valence-corrected chi connectivity index (χ2v) is 6.82. The van der Waals surface area contributed by atoms with Crippen LogP contribution in [0.15, 0.2) is 30.5 Å². The van der Waals surface area contributed by atoms with Gasteiger partial charge in [0.15, 0.2) is 0 Å². The molecule has 140 valence electrons. The predicted molar refractivity (Wildman–Crippen MR) is 100 cm³/mol. The highest BCUT2D eigenvalue weighted by Gasteiger charge is 2.18. The minimum Gasteiger partial charge on any atom is -0.332 e. The Labute approximate surface area is 155 Å². The number of rotatable bonds is 7. The van der Waals surface area contributed by atoms with Gasteiger partial charge in [0.2, 0.25) is 0 Å². The van der Waals surface area contributed by atoms with Crippen molar-refractivity contribution >= 4 is 6.03 Å². The van der Waals surface area contributed by atoms with Gasteiger partial charge in [-0.3, -0.25) is 14.6 Å². The van der Waals surface area contributed by atoms with Crippen molar-refractivity contribution in [3.05, 3.63) is 47.5 Å². The number of unbranched alkanes of at least 4 members (excludes halogenated alkanes) is 1. The highest BCUT2D eigenvalue weighted by Crippen LogP contribution is 2.14. The number of pyridine rings is 1. The summed E-state index contributed by atoms with van der Waals surface area (Å²) in [5.41, 5.74) is 3.02. The predicted octanol–water partition coefficient (Wildman–Crippen LogP) is 2.24. The van der Waals surface area contributed by atoms with Crippen molar-refractivity contribution in [2.24, 2.45) is 0 Å². The number of hydrogen-bond acceptors (Lipinski definition) is 4. The summed E-state index contributed by atoms with van der Waals surface area (Å²) in [6, 6.07) is 7.70. The maximum absolute atomic E-state index is 12.3. The zero-order chi connectivity index (χ0) is 18.4. The number of carbonyl (C=O) groups excluding carboxylic acids is 1. The molecule has 1 N–H and O–H groups in total. The van der Waals surface area contributed by atoms with Gasteiger partial charge in [-0.05, 0) is 31.2 Å². The van der Waals surface area contributed by atoms with Crippen LogP contribution in [0.2, 0.25) is 0 Å². The molecular weight excluding hydrogens is 328 g/mol. The van der Waals surface area contributed by atoms with Crippen molar-refractivity contribution < 1.29 is 4.79 Å². The van der Waals surface area contributed by atoms with E-state index >= 15 is 0 Å². The van der Waals surface area contributed by atoms with Crippen LogP contribution in [0.5, 0.6) is 0 Å². The van der Waals surface area contributed by atoms with Crippen molar-refractivity contribution in [1.82, 2.24) is 29.9 Å². The van der Waals surface area contributed by atoms with Crippen LogP contribution in [0.3, 0.4) is 0 Å². The summed E-state index contributed by atoms with van der Waals surface area (Å²) in [4.78, 5) is 20.6. The van der Waals surface area contributed by atoms with E-state index in [-0.39, 0.29) is 6.03 Å². The van der Waals surface area contributed by atoms with Crippen molar-refractivity contribution in [2.45, 2.75) is 45.9 Å². The van der Waals surface area contributed by atoms with Crippen LogP contribution in [0.1, 0.15) is 36.8 Å². The number of nitrogens with zero attached hydrogens (tertiary/aromatic N) is 5. The molecule has 0 aliphatic carbocycles. The van der Waals surface area contributed by atoms with Gasteiger partial charge in [0.25, 0.3) is 0 Å². The molecule has 0 bridgehead atoms. The van der Waals surface area contributed by atoms with Gasteiger partial charge in [0.1, 0.15) is 0 Å². The number of amides is 2. The van der Waals surface area contributed by atoms with E-state index in [9.17, 15) is 4.79 Å². The number of fused-ring (bicyclic) bond motifs is 1. The summed E-state index contributed by atoms with van der Waals surface area (Å²) in [6.45, 7) is 7.21. The molecule has 0 atom stereocenters. The maximum Gasteiger partial charge on any atom is 0.317 e. The lowest BCUT2D eigenvalue weighted by atomic mass is 10.2. The molecule has 1 aliphatic heterocycles. The van der Waals surface area contributed by atoms with E-state index in [4.69, 9.17) is 0 Å². The molecule has 7 nitrogen and oxygen atoms in total. The van der Waals surface area contributed by atoms with Crippen molar-refractivity contribution in [3.63, 3.8) is 0 Å². The minimum atomic E-state index is -0.119. The van der Waals surface area contributed by atoms with E-state index in [0.717, 1.165) is 37.6 Å². The summed E-state index contributed by atoms with van der Waals surface area (Å²) in [5.74, 6) is 0. The third-order valence-corrected chi connectivity index (χ3v) is 4.65. The highest BCUT2D eigenvalue weighted by molar-refractivity contribution is 5.73. The van der Waals surface area contributed by atoms with Crippen LogP contribution >= 0.6 is 0 Å². The highest BCUT2D eigenvalue weighted by atomic mass is 16.2. The molecule has 2 aromatic heterocycles. The van der Waals surface area contributed by atoms with E-state index in [1.807, 2.05) is 18.2 Å². The lowest BCUT2D eigenvalue weighted by Gasteiger charge is -2.27. The first kappa shape index (κ1) is 18.4. The molecule has 0 saturated heterocycles. The van der Waals surface area contributed by atoms with Gasteiger partial charge in [-0.15, -0.1) is 0 Å². The summed E-state index contributed by atoms with van der Waals surface area (Å²) < 4.78 is 2.07. The standard InChI is InChI=1S/C19H28N6O/c1-3-4-9-24-10-11-25-18(15-24)12-17(22-25)13-21-19(26)23(2)14-16-7-5-6-8-20-16/h5-8,12H,3-4,9-11,13-15H2,1-2H3,(H,21,26). The van der Waals surface area contributed by atoms with E-state index in [0.29, 0.717) is 13.1 Å². The van der Waals surface area contributed by atoms with Gasteiger partial charge in [-0.25, -0.2) is 4.79 Å². The first-order chi connectivity index (χ1) is 12.7. The summed E-state index contributed by atoms with van der Waals surface area (Å²) >= 11 is 0. The molecule has 0 aromatic carbocycles. The SMILES string of the molecule is CCCCN1CCn2nc(CNC(=O)N(C)Cc3ccccn3)cc2C1. The molecular formula is C19H28N6O. The molecule has 0 radical (unpaired) electrons. The molecule has 0 saturated carbocycles. The smallest absolute Gasteiger partial charge is 0.317 e. The Morgan fingerprint density at radius 1 is 1.31 bits per heavy atom. The molecule has 3 heterocycles. The number of hydrogen-bond donors (Lipinski definition) is 1. The molecule has 2 amide bonds. The van der Waals surface area contributed by atoms with Crippen molar-refractivity contribution in [3.8, 4) is 0 Å². The lowest BCUT2D eigenvalue weighted by molar-refractivity contribution is 0.205. The average Bonchev–Trinajstić information content (AvgIpc) is 3.07. The Morgan fingerprint density at radius 3 is 2.96 bits per heavy atom. The molecule has 2 aromatic rings. The zero-order valence-corrected chi connectivity index (χ0v) is 15.7. The Bertz CT molecular complexity index is 714. The van der Waals surface area contributed by atoms with Crippen molar-refractivity contribution in [2.75, 3.05) is 20.1 Å². The Kier molecular flexibility index (Phi) is 6.22. The zero-order valence-electron chi connectivity index (χ0n) is 15.7. The third-order valence-electron chi connectivity index (χ3n) is 4.65. The van der Waals surface area contributed by atoms with Crippen LogP contribution < -0.4 is 5.32 Å². The number of urea groups is 1. The van der Waals surface area contributed by atoms with Crippen LogP contribution in [0.25, 0.3) is 0 Å². The van der Waals surface area contributed by atoms with Gasteiger partial charge in [-0.2, -0.15) is 5.10 Å². The summed E-state index contributed by atoms with van der Waals surface area (Å²) in [6.07, 6.45) is 4.19. The van der Waals surface area contributed by atoms with E-state index in [2.05, 4.69) is 38.0 Å². The normalized spacial score (nSPS) is 14.1. The average molecular weight is 356 g/mol. The van der Waals surface area contributed by atoms with Gasteiger partial charge >= 0.3 is 6.03 Å². The van der Waals surface area contributed by atoms with Gasteiger partial charge in [-0.1, -0.05) is 19.4 Å². The van der Waals surface area contributed by atoms with Gasteiger partial charge in [0.05, 0.1) is 36.7 Å². The molecule has 0 unspecified atom stereocenters. The number of carbonyl (C=O) groups is 1. The fourth-order valence-corrected chi connectivity index (χ4v) is 3.15. The van der Waals surface area contributed by atoms with E-state index < -0.39 is 0 Å². The van der Waals surface area contributed by atoms with Gasteiger partial charge in [0, 0.05) is 26.3 Å². The Hall–Kier alpha value is -2.41. The van der Waals surface area contributed by atoms with Gasteiger partial charge < -0.3 is 10.2 Å². The molecule has 7 heteroatoms. The summed E-state index contributed by atoms with van der Waals surface area (Å²) in [5, 5.41) is 7.57. The van der Waals surface area contributed by atoms with Crippen LogP contribution in [-0.4, -0.2) is 50.7 Å². The summed E-state index contributed by atoms with van der Waals surface area (Å²) in [7, 11) is 1.77. The quantitative estimate of drug-likeness (QED) is 0.826. The number of nitrogens with one attached hydrogen (secondary N) is 1. The van der Waals surface area contributed by atoms with Crippen molar-refractivity contribution in [1.29, 1.82) is 0 Å². The largest absolute Gasteiger partial charge is 0.332 e. The molecule has 26 heavy (non-hydrogen) atoms. The first-order valence-corrected chi connectivity index (χ1v) is 9.32. The molecule has 0 spiro atoms. The third kappa shape index (κ3) is 4.82. The lowest BCUT2D eigenvalue weighted by Crippen LogP contribution is -2.36. The Balaban J connectivity index is 1.49. The van der Waals surface area contributed by atoms with E-state index in [1.54, 1.807) is 18.1 Å². The monoisotopic (exact) mass is 356 g/mol. The topological polar surface area (TPSA) is 66.3 Å².